The number of nitrogens with one attached hydrogen (secondary N) is 2. The number of rotatable bonds is 12. The highest BCUT2D eigenvalue weighted by molar-refractivity contribution is 5.98. The number of aryl methyl sites for hydroxylation is 1. The zero-order valence-electron chi connectivity index (χ0n) is 22.6. The van der Waals surface area contributed by atoms with Gasteiger partial charge in [-0.15, -0.1) is 0 Å². The van der Waals surface area contributed by atoms with Gasteiger partial charge in [0.2, 0.25) is 5.89 Å². The largest absolute Gasteiger partial charge is 0.489 e. The minimum atomic E-state index is -1.05. The first-order valence-corrected chi connectivity index (χ1v) is 13.7. The van der Waals surface area contributed by atoms with Crippen LogP contribution in [0.1, 0.15) is 47.8 Å². The van der Waals surface area contributed by atoms with Crippen LogP contribution in [0, 0.1) is 11.6 Å². The molecule has 0 spiro atoms. The highest BCUT2D eigenvalue weighted by atomic mass is 19.1. The van der Waals surface area contributed by atoms with Crippen molar-refractivity contribution in [2.45, 2.75) is 51.2 Å². The lowest BCUT2D eigenvalue weighted by atomic mass is 9.96. The first kappa shape index (κ1) is 28.2. The fourth-order valence-corrected chi connectivity index (χ4v) is 4.97. The number of H-pyrrole nitrogens is 1. The number of aromatic amines is 1. The second-order valence-corrected chi connectivity index (χ2v) is 10.0. The second kappa shape index (κ2) is 12.9. The molecule has 2 aromatic carbocycles. The van der Waals surface area contributed by atoms with E-state index in [1.54, 1.807) is 18.3 Å². The Labute approximate surface area is 235 Å². The maximum Gasteiger partial charge on any atom is 0.251 e. The van der Waals surface area contributed by atoms with E-state index in [0.717, 1.165) is 31.1 Å². The van der Waals surface area contributed by atoms with Gasteiger partial charge >= 0.3 is 0 Å². The number of benzene rings is 2. The molecule has 1 aliphatic heterocycles. The number of oxazole rings is 1. The number of aliphatic hydroxyl groups excluding tert-OH is 1. The Hall–Kier alpha value is -4.32. The zero-order chi connectivity index (χ0) is 28.8. The molecular formula is C29H32F2N6O4. The number of fused-ring (bicyclic) bond motifs is 1. The van der Waals surface area contributed by atoms with Gasteiger partial charge in [-0.2, -0.15) is 15.4 Å². The van der Waals surface area contributed by atoms with Crippen molar-refractivity contribution >= 4 is 11.6 Å². The van der Waals surface area contributed by atoms with Crippen LogP contribution in [0.25, 0.3) is 11.5 Å². The third-order valence-electron chi connectivity index (χ3n) is 7.04. The van der Waals surface area contributed by atoms with Crippen LogP contribution < -0.4 is 15.0 Å². The number of unbranched alkanes of at least 4 members (excludes halogenated alkanes) is 1. The number of carbonyl (C=O) groups excluding carboxylic acids is 1. The van der Waals surface area contributed by atoms with Gasteiger partial charge in [-0.25, -0.2) is 13.8 Å². The number of aliphatic hydroxyl groups is 1. The van der Waals surface area contributed by atoms with E-state index in [1.165, 1.54) is 24.6 Å². The van der Waals surface area contributed by atoms with Crippen LogP contribution in [0.3, 0.4) is 0 Å². The van der Waals surface area contributed by atoms with Gasteiger partial charge in [0.05, 0.1) is 48.0 Å². The van der Waals surface area contributed by atoms with Gasteiger partial charge in [-0.1, -0.05) is 13.3 Å². The van der Waals surface area contributed by atoms with Gasteiger partial charge in [-0.3, -0.25) is 4.79 Å². The molecule has 0 radical (unpaired) electrons. The topological polar surface area (TPSA) is 129 Å². The van der Waals surface area contributed by atoms with Crippen molar-refractivity contribution in [1.29, 1.82) is 0 Å². The third-order valence-corrected chi connectivity index (χ3v) is 7.04. The number of hydrogen-bond acceptors (Lipinski definition) is 8. The molecule has 1 amide bonds. The first-order valence-electron chi connectivity index (χ1n) is 13.7. The van der Waals surface area contributed by atoms with Gasteiger partial charge in [-0.05, 0) is 55.5 Å². The van der Waals surface area contributed by atoms with E-state index in [0.29, 0.717) is 53.6 Å². The maximum atomic E-state index is 14.0. The Balaban J connectivity index is 1.45. The SMILES string of the molecule is CCCCN1CCOc2c(-c3ncco3)cc(C(=O)NC(Cc3cc(F)cc(F)c3)C(O)CCc3cn[nH]n3)cc21. The molecule has 0 saturated heterocycles. The summed E-state index contributed by atoms with van der Waals surface area (Å²) in [5.74, 6) is -1.04. The Morgan fingerprint density at radius 3 is 2.76 bits per heavy atom. The molecule has 1 aliphatic rings. The van der Waals surface area contributed by atoms with Crippen LogP contribution in [0.5, 0.6) is 5.75 Å². The highest BCUT2D eigenvalue weighted by Gasteiger charge is 2.28. The molecule has 2 unspecified atom stereocenters. The summed E-state index contributed by atoms with van der Waals surface area (Å²) in [5.41, 5.74) is 2.54. The van der Waals surface area contributed by atoms with E-state index >= 15 is 0 Å². The number of ether oxygens (including phenoxy) is 1. The highest BCUT2D eigenvalue weighted by Crippen LogP contribution is 2.41. The van der Waals surface area contributed by atoms with E-state index in [4.69, 9.17) is 9.15 Å². The standard InChI is InChI=1S/C29H32F2N6O4/c1-2-3-7-37-8-10-40-27-23(29-32-6-9-41-29)14-19(15-25(27)37)28(39)34-24(13-18-11-20(30)16-21(31)12-18)26(38)5-4-22-17-33-36-35-22/h6,9,11-12,14-17,24,26,38H,2-5,7-8,10,13H2,1H3,(H,34,39)(H,33,35,36). The van der Waals surface area contributed by atoms with E-state index in [1.807, 2.05) is 0 Å². The molecule has 0 fully saturated rings. The van der Waals surface area contributed by atoms with Crippen LogP contribution >= 0.6 is 0 Å². The van der Waals surface area contributed by atoms with Crippen LogP contribution in [0.2, 0.25) is 0 Å². The molecule has 12 heteroatoms. The molecular weight excluding hydrogens is 534 g/mol. The molecule has 2 atom stereocenters. The molecule has 3 N–H and O–H groups in total. The van der Waals surface area contributed by atoms with Gasteiger partial charge in [0.1, 0.15) is 24.5 Å². The van der Waals surface area contributed by atoms with E-state index in [-0.39, 0.29) is 12.8 Å². The summed E-state index contributed by atoms with van der Waals surface area (Å²) in [7, 11) is 0. The molecule has 41 heavy (non-hydrogen) atoms. The summed E-state index contributed by atoms with van der Waals surface area (Å²) in [6.45, 7) is 4.05. The Kier molecular flexibility index (Phi) is 8.88. The fraction of sp³-hybridized carbons (Fsp3) is 0.379. The van der Waals surface area contributed by atoms with Gasteiger partial charge in [0, 0.05) is 18.2 Å². The van der Waals surface area contributed by atoms with Gasteiger partial charge in [0.15, 0.2) is 5.75 Å². The Bertz CT molecular complexity index is 1430. The lowest BCUT2D eigenvalue weighted by Gasteiger charge is -2.33. The molecule has 3 heterocycles. The molecule has 4 aromatic rings. The molecule has 10 nitrogen and oxygen atoms in total. The van der Waals surface area contributed by atoms with Crippen molar-refractivity contribution in [3.8, 4) is 17.2 Å². The lowest BCUT2D eigenvalue weighted by molar-refractivity contribution is 0.0814. The third kappa shape index (κ3) is 6.88. The molecule has 216 valence electrons. The number of hydrogen-bond donors (Lipinski definition) is 3. The number of nitrogens with zero attached hydrogens (tertiary/aromatic N) is 4. The summed E-state index contributed by atoms with van der Waals surface area (Å²) in [5, 5.41) is 24.3. The minimum absolute atomic E-state index is 0.00365. The predicted octanol–water partition coefficient (Wildman–Crippen LogP) is 4.07. The average Bonchev–Trinajstić information content (AvgIpc) is 3.68. The summed E-state index contributed by atoms with van der Waals surface area (Å²) in [6, 6.07) is 5.70. The average molecular weight is 567 g/mol. The quantitative estimate of drug-likeness (QED) is 0.234. The number of halogens is 2. The van der Waals surface area contributed by atoms with Crippen molar-refractivity contribution in [2.24, 2.45) is 0 Å². The van der Waals surface area contributed by atoms with Crippen molar-refractivity contribution in [3.63, 3.8) is 0 Å². The van der Waals surface area contributed by atoms with E-state index < -0.39 is 29.7 Å². The number of aromatic nitrogens is 4. The van der Waals surface area contributed by atoms with Crippen LogP contribution in [-0.4, -0.2) is 63.3 Å². The van der Waals surface area contributed by atoms with Gasteiger partial charge < -0.3 is 24.5 Å². The molecule has 0 bridgehead atoms. The summed E-state index contributed by atoms with van der Waals surface area (Å²) >= 11 is 0. The van der Waals surface area contributed by atoms with Crippen molar-refractivity contribution in [2.75, 3.05) is 24.6 Å². The van der Waals surface area contributed by atoms with Crippen LogP contribution in [0.4, 0.5) is 14.5 Å². The summed E-state index contributed by atoms with van der Waals surface area (Å²) < 4.78 is 39.5. The number of amides is 1. The van der Waals surface area contributed by atoms with Crippen LogP contribution in [0.15, 0.2) is 53.4 Å². The van der Waals surface area contributed by atoms with Crippen molar-refractivity contribution in [1.82, 2.24) is 25.7 Å². The lowest BCUT2D eigenvalue weighted by Crippen LogP contribution is -2.45. The molecule has 5 rings (SSSR count). The summed E-state index contributed by atoms with van der Waals surface area (Å²) in [4.78, 5) is 20.2. The number of anilines is 1. The Morgan fingerprint density at radius 1 is 1.22 bits per heavy atom. The zero-order valence-corrected chi connectivity index (χ0v) is 22.6. The minimum Gasteiger partial charge on any atom is -0.489 e. The molecule has 0 aliphatic carbocycles. The van der Waals surface area contributed by atoms with E-state index in [2.05, 4.69) is 37.5 Å². The number of carbonyl (C=O) groups is 1. The molecule has 0 saturated carbocycles. The van der Waals surface area contributed by atoms with Gasteiger partial charge in [0.25, 0.3) is 5.91 Å². The normalized spacial score (nSPS) is 14.3. The monoisotopic (exact) mass is 566 g/mol. The van der Waals surface area contributed by atoms with Crippen LogP contribution in [-0.2, 0) is 12.8 Å². The van der Waals surface area contributed by atoms with Crippen molar-refractivity contribution < 1.29 is 27.8 Å². The summed E-state index contributed by atoms with van der Waals surface area (Å²) in [6.07, 6.45) is 6.07. The smallest absolute Gasteiger partial charge is 0.251 e. The Morgan fingerprint density at radius 2 is 2.05 bits per heavy atom. The second-order valence-electron chi connectivity index (χ2n) is 10.0. The molecule has 2 aromatic heterocycles. The predicted molar refractivity (Wildman–Crippen MR) is 147 cm³/mol. The first-order chi connectivity index (χ1) is 19.9. The maximum absolute atomic E-state index is 14.0. The van der Waals surface area contributed by atoms with E-state index in [9.17, 15) is 18.7 Å². The van der Waals surface area contributed by atoms with Crippen molar-refractivity contribution in [3.05, 3.63) is 77.4 Å². The fourth-order valence-electron chi connectivity index (χ4n) is 4.97.